The first kappa shape index (κ1) is 15.0. The second kappa shape index (κ2) is 6.43. The molecule has 7 nitrogen and oxygen atoms in total. The molecule has 0 aliphatic carbocycles. The topological polar surface area (TPSA) is 88.5 Å². The minimum Gasteiger partial charge on any atom is -0.344 e. The molecule has 0 saturated carbocycles. The maximum Gasteiger partial charge on any atom is 0.254 e. The lowest BCUT2D eigenvalue weighted by Crippen LogP contribution is -2.29. The van der Waals surface area contributed by atoms with Gasteiger partial charge in [0.25, 0.3) is 5.91 Å². The van der Waals surface area contributed by atoms with Crippen LogP contribution < -0.4 is 5.32 Å². The monoisotopic (exact) mass is 310 g/mol. The number of aromatic amines is 1. The average Bonchev–Trinajstić information content (AvgIpc) is 3.24. The minimum absolute atomic E-state index is 0.157. The Morgan fingerprint density at radius 3 is 2.70 bits per heavy atom. The molecule has 0 unspecified atom stereocenters. The Bertz CT molecular complexity index is 793. The molecular formula is C16H18N6O. The van der Waals surface area contributed by atoms with E-state index in [4.69, 9.17) is 0 Å². The van der Waals surface area contributed by atoms with Gasteiger partial charge in [-0.15, -0.1) is 10.2 Å². The largest absolute Gasteiger partial charge is 0.344 e. The highest BCUT2D eigenvalue weighted by atomic mass is 16.1. The predicted octanol–water partition coefficient (Wildman–Crippen LogP) is 2.18. The molecule has 1 atom stereocenters. The van der Waals surface area contributed by atoms with Crippen LogP contribution in [0.3, 0.4) is 0 Å². The SMILES string of the molecule is CC[C@@H](NC(=O)c1ccccc1-n1cnnc1)c1ncc(C)[nH]1. The fourth-order valence-corrected chi connectivity index (χ4v) is 2.43. The van der Waals surface area contributed by atoms with Crippen molar-refractivity contribution in [1.82, 2.24) is 30.0 Å². The second-order valence-electron chi connectivity index (χ2n) is 5.27. The standard InChI is InChI=1S/C16H18N6O/c1-3-13(15-17-8-11(2)20-15)21-16(23)12-6-4-5-7-14(12)22-9-18-19-10-22/h4-10,13H,3H2,1-2H3,(H,17,20)(H,21,23)/t13-/m1/s1. The first-order valence-electron chi connectivity index (χ1n) is 7.45. The number of rotatable bonds is 5. The molecule has 7 heteroatoms. The molecule has 1 aromatic carbocycles. The number of nitrogens with zero attached hydrogens (tertiary/aromatic N) is 4. The van der Waals surface area contributed by atoms with Gasteiger partial charge >= 0.3 is 0 Å². The third-order valence-corrected chi connectivity index (χ3v) is 3.61. The molecule has 0 saturated heterocycles. The summed E-state index contributed by atoms with van der Waals surface area (Å²) in [6.45, 7) is 3.95. The lowest BCUT2D eigenvalue weighted by molar-refractivity contribution is 0.0934. The highest BCUT2D eigenvalue weighted by Gasteiger charge is 2.19. The minimum atomic E-state index is -0.162. The van der Waals surface area contributed by atoms with Gasteiger partial charge in [-0.1, -0.05) is 19.1 Å². The Balaban J connectivity index is 1.86. The van der Waals surface area contributed by atoms with Crippen LogP contribution in [0.5, 0.6) is 0 Å². The third kappa shape index (κ3) is 3.13. The van der Waals surface area contributed by atoms with E-state index < -0.39 is 0 Å². The maximum atomic E-state index is 12.7. The Hall–Kier alpha value is -2.96. The molecule has 3 aromatic rings. The lowest BCUT2D eigenvalue weighted by atomic mass is 10.1. The molecule has 0 aliphatic heterocycles. The molecule has 2 N–H and O–H groups in total. The number of hydrogen-bond donors (Lipinski definition) is 2. The molecule has 0 aliphatic rings. The van der Waals surface area contributed by atoms with Crippen LogP contribution in [0.1, 0.15) is 41.3 Å². The van der Waals surface area contributed by atoms with Gasteiger partial charge in [-0.25, -0.2) is 4.98 Å². The van der Waals surface area contributed by atoms with Gasteiger partial charge in [0.05, 0.1) is 17.3 Å². The van der Waals surface area contributed by atoms with Gasteiger partial charge in [0.15, 0.2) is 0 Å². The van der Waals surface area contributed by atoms with E-state index in [1.165, 1.54) is 0 Å². The Kier molecular flexibility index (Phi) is 4.18. The van der Waals surface area contributed by atoms with E-state index >= 15 is 0 Å². The molecule has 23 heavy (non-hydrogen) atoms. The summed E-state index contributed by atoms with van der Waals surface area (Å²) in [7, 11) is 0. The highest BCUT2D eigenvalue weighted by molar-refractivity contribution is 5.97. The number of H-pyrrole nitrogens is 1. The molecule has 2 heterocycles. The van der Waals surface area contributed by atoms with Gasteiger partial charge in [-0.3, -0.25) is 9.36 Å². The van der Waals surface area contributed by atoms with Gasteiger partial charge in [-0.05, 0) is 25.5 Å². The summed E-state index contributed by atoms with van der Waals surface area (Å²) in [4.78, 5) is 20.2. The lowest BCUT2D eigenvalue weighted by Gasteiger charge is -2.16. The molecule has 0 fully saturated rings. The van der Waals surface area contributed by atoms with Crippen LogP contribution in [0.15, 0.2) is 43.1 Å². The van der Waals surface area contributed by atoms with Crippen LogP contribution in [0.4, 0.5) is 0 Å². The van der Waals surface area contributed by atoms with Gasteiger partial charge in [-0.2, -0.15) is 0 Å². The number of aryl methyl sites for hydroxylation is 1. The van der Waals surface area contributed by atoms with Crippen molar-refractivity contribution in [2.75, 3.05) is 0 Å². The summed E-state index contributed by atoms with van der Waals surface area (Å²) < 4.78 is 1.72. The van der Waals surface area contributed by atoms with Gasteiger partial charge in [0.2, 0.25) is 0 Å². The number of carbonyl (C=O) groups excluding carboxylic acids is 1. The number of amides is 1. The predicted molar refractivity (Wildman–Crippen MR) is 85.2 cm³/mol. The first-order chi connectivity index (χ1) is 11.2. The second-order valence-corrected chi connectivity index (χ2v) is 5.27. The first-order valence-corrected chi connectivity index (χ1v) is 7.45. The number of aromatic nitrogens is 5. The van der Waals surface area contributed by atoms with E-state index in [0.29, 0.717) is 5.56 Å². The molecule has 1 amide bonds. The van der Waals surface area contributed by atoms with Crippen LogP contribution in [0.2, 0.25) is 0 Å². The number of para-hydroxylation sites is 1. The number of imidazole rings is 1. The number of carbonyl (C=O) groups is 1. The molecule has 2 aromatic heterocycles. The molecule has 3 rings (SSSR count). The van der Waals surface area contributed by atoms with Crippen LogP contribution >= 0.6 is 0 Å². The molecule has 0 radical (unpaired) electrons. The molecule has 118 valence electrons. The Morgan fingerprint density at radius 2 is 2.04 bits per heavy atom. The van der Waals surface area contributed by atoms with Crippen LogP contribution in [-0.4, -0.2) is 30.6 Å². The van der Waals surface area contributed by atoms with E-state index in [-0.39, 0.29) is 11.9 Å². The summed E-state index contributed by atoms with van der Waals surface area (Å²) in [5, 5.41) is 10.6. The van der Waals surface area contributed by atoms with Crippen LogP contribution in [0.25, 0.3) is 5.69 Å². The van der Waals surface area contributed by atoms with E-state index in [1.54, 1.807) is 29.5 Å². The van der Waals surface area contributed by atoms with E-state index in [9.17, 15) is 4.79 Å². The summed E-state index contributed by atoms with van der Waals surface area (Å²) in [5.74, 6) is 0.607. The van der Waals surface area contributed by atoms with Crippen molar-refractivity contribution in [2.45, 2.75) is 26.3 Å². The number of nitrogens with one attached hydrogen (secondary N) is 2. The summed E-state index contributed by atoms with van der Waals surface area (Å²) >= 11 is 0. The molecular weight excluding hydrogens is 292 g/mol. The van der Waals surface area contributed by atoms with Crippen molar-refractivity contribution in [1.29, 1.82) is 0 Å². The smallest absolute Gasteiger partial charge is 0.254 e. The fraction of sp³-hybridized carbons (Fsp3) is 0.250. The van der Waals surface area contributed by atoms with E-state index in [0.717, 1.165) is 23.6 Å². The van der Waals surface area contributed by atoms with Crippen molar-refractivity contribution in [3.05, 3.63) is 60.2 Å². The summed E-state index contributed by atoms with van der Waals surface area (Å²) in [6, 6.07) is 7.19. The van der Waals surface area contributed by atoms with Crippen LogP contribution in [-0.2, 0) is 0 Å². The zero-order valence-electron chi connectivity index (χ0n) is 13.0. The molecule has 0 bridgehead atoms. The summed E-state index contributed by atoms with van der Waals surface area (Å²) in [6.07, 6.45) is 5.64. The summed E-state index contributed by atoms with van der Waals surface area (Å²) in [5.41, 5.74) is 2.27. The zero-order valence-corrected chi connectivity index (χ0v) is 13.0. The number of hydrogen-bond acceptors (Lipinski definition) is 4. The van der Waals surface area contributed by atoms with Gasteiger partial charge < -0.3 is 10.3 Å². The van der Waals surface area contributed by atoms with Gasteiger partial charge in [0, 0.05) is 11.9 Å². The van der Waals surface area contributed by atoms with E-state index in [2.05, 4.69) is 25.5 Å². The number of benzene rings is 1. The quantitative estimate of drug-likeness (QED) is 0.756. The fourth-order valence-electron chi connectivity index (χ4n) is 2.43. The average molecular weight is 310 g/mol. The third-order valence-electron chi connectivity index (χ3n) is 3.61. The Labute approximate surface area is 133 Å². The van der Waals surface area contributed by atoms with Gasteiger partial charge in [0.1, 0.15) is 18.5 Å². The normalized spacial score (nSPS) is 12.1. The van der Waals surface area contributed by atoms with Crippen molar-refractivity contribution in [2.24, 2.45) is 0 Å². The van der Waals surface area contributed by atoms with Crippen molar-refractivity contribution in [3.8, 4) is 5.69 Å². The highest BCUT2D eigenvalue weighted by Crippen LogP contribution is 2.17. The van der Waals surface area contributed by atoms with Crippen molar-refractivity contribution >= 4 is 5.91 Å². The maximum absolute atomic E-state index is 12.7. The molecule has 0 spiro atoms. The van der Waals surface area contributed by atoms with Crippen molar-refractivity contribution < 1.29 is 4.79 Å². The van der Waals surface area contributed by atoms with Crippen molar-refractivity contribution in [3.63, 3.8) is 0 Å². The zero-order chi connectivity index (χ0) is 16.2. The van der Waals surface area contributed by atoms with E-state index in [1.807, 2.05) is 32.0 Å². The Morgan fingerprint density at radius 1 is 1.30 bits per heavy atom. The van der Waals surface area contributed by atoms with Crippen LogP contribution in [0, 0.1) is 6.92 Å².